The van der Waals surface area contributed by atoms with Crippen LogP contribution >= 0.6 is 0 Å². The molecule has 3 aromatic rings. The van der Waals surface area contributed by atoms with E-state index in [4.69, 9.17) is 0 Å². The molecule has 31 heavy (non-hydrogen) atoms. The number of allylic oxidation sites excluding steroid dienone is 8. The first-order valence-electron chi connectivity index (χ1n) is 11.1. The van der Waals surface area contributed by atoms with Gasteiger partial charge in [-0.05, 0) is 0 Å². The Morgan fingerprint density at radius 2 is 0.806 bits per heavy atom. The third kappa shape index (κ3) is 4.12. The molecule has 0 aliphatic heterocycles. The summed E-state index contributed by atoms with van der Waals surface area (Å²) in [7, 11) is -2.17. The van der Waals surface area contributed by atoms with Crippen LogP contribution in [0.4, 0.5) is 0 Å². The molecular weight excluding hydrogens is 468 g/mol. The van der Waals surface area contributed by atoms with Crippen LogP contribution in [0.2, 0.25) is 11.0 Å². The maximum atomic E-state index is 2.48. The number of benzene rings is 3. The molecule has 0 spiro atoms. The molecule has 2 aliphatic rings. The van der Waals surface area contributed by atoms with Gasteiger partial charge in [-0.2, -0.15) is 0 Å². The van der Waals surface area contributed by atoms with Crippen molar-refractivity contribution >= 4 is 23.6 Å². The maximum absolute atomic E-state index is 2.48. The van der Waals surface area contributed by atoms with Gasteiger partial charge in [-0.3, -0.25) is 0 Å². The first-order chi connectivity index (χ1) is 15.4. The zero-order valence-electron chi connectivity index (χ0n) is 17.6. The van der Waals surface area contributed by atoms with E-state index in [2.05, 4.69) is 140 Å². The predicted molar refractivity (Wildman–Crippen MR) is 133 cm³/mol. The van der Waals surface area contributed by atoms with Crippen molar-refractivity contribution in [3.05, 3.63) is 140 Å². The van der Waals surface area contributed by atoms with Crippen molar-refractivity contribution in [1.82, 2.24) is 0 Å². The van der Waals surface area contributed by atoms with Crippen LogP contribution in [0.15, 0.2) is 140 Å². The first kappa shape index (κ1) is 20.6. The fourth-order valence-corrected chi connectivity index (χ4v) is 27.2. The summed E-state index contributed by atoms with van der Waals surface area (Å²) in [6, 6.07) is 34.2. The van der Waals surface area contributed by atoms with Gasteiger partial charge in [0, 0.05) is 0 Å². The van der Waals surface area contributed by atoms with Crippen molar-refractivity contribution in [2.45, 2.75) is 11.0 Å². The Hall–Kier alpha value is -2.28. The van der Waals surface area contributed by atoms with E-state index in [1.54, 1.807) is 15.6 Å². The second kappa shape index (κ2) is 9.47. The van der Waals surface area contributed by atoms with Crippen LogP contribution in [0.1, 0.15) is 0 Å². The molecule has 0 bridgehead atoms. The quantitative estimate of drug-likeness (QED) is 0.298. The van der Waals surface area contributed by atoms with Crippen LogP contribution in [-0.4, -0.2) is 8.07 Å². The third-order valence-electron chi connectivity index (χ3n) is 6.62. The first-order valence-corrected chi connectivity index (χ1v) is 17.9. The summed E-state index contributed by atoms with van der Waals surface area (Å²) in [6.45, 7) is 0. The van der Waals surface area contributed by atoms with Crippen molar-refractivity contribution < 1.29 is 21.8 Å². The molecule has 0 aromatic heterocycles. The monoisotopic (exact) mass is 493 g/mol. The predicted octanol–water partition coefficient (Wildman–Crippen LogP) is 5.56. The summed E-state index contributed by atoms with van der Waals surface area (Å²) in [5, 5.41) is 4.63. The van der Waals surface area contributed by atoms with Gasteiger partial charge in [-0.15, -0.1) is 0 Å². The van der Waals surface area contributed by atoms with Crippen LogP contribution < -0.4 is 15.6 Å². The Balaban J connectivity index is 1.73. The van der Waals surface area contributed by atoms with Crippen LogP contribution in [0.5, 0.6) is 0 Å². The van der Waals surface area contributed by atoms with E-state index in [0.717, 1.165) is 0 Å². The topological polar surface area (TPSA) is 0 Å². The van der Waals surface area contributed by atoms with E-state index < -0.39 is 29.8 Å². The Morgan fingerprint density at radius 1 is 0.484 bits per heavy atom. The summed E-state index contributed by atoms with van der Waals surface area (Å²) in [6.07, 6.45) is 19.0. The number of hydrogen-bond acceptors (Lipinski definition) is 0. The molecule has 0 unspecified atom stereocenters. The van der Waals surface area contributed by atoms with Crippen molar-refractivity contribution in [1.29, 1.82) is 0 Å². The average Bonchev–Trinajstić information content (AvgIpc) is 3.57. The van der Waals surface area contributed by atoms with Crippen molar-refractivity contribution in [3.8, 4) is 0 Å². The minimum atomic E-state index is -2.17. The Morgan fingerprint density at radius 3 is 1.13 bits per heavy atom. The van der Waals surface area contributed by atoms with Gasteiger partial charge < -0.3 is 0 Å². The Kier molecular flexibility index (Phi) is 6.30. The normalized spacial score (nSPS) is 15.7. The molecule has 0 N–H and O–H groups in total. The number of hydrogen-bond donors (Lipinski definition) is 0. The van der Waals surface area contributed by atoms with E-state index in [-0.39, 0.29) is 0 Å². The van der Waals surface area contributed by atoms with Gasteiger partial charge in [0.2, 0.25) is 0 Å². The van der Waals surface area contributed by atoms with E-state index in [1.807, 2.05) is 0 Å². The summed E-state index contributed by atoms with van der Waals surface area (Å²) in [5.41, 5.74) is 0. The molecule has 0 saturated heterocycles. The van der Waals surface area contributed by atoms with Crippen LogP contribution in [0.25, 0.3) is 0 Å². The molecule has 2 aliphatic carbocycles. The van der Waals surface area contributed by atoms with Crippen LogP contribution in [0, 0.1) is 0 Å². The SMILES string of the molecule is C1=C[CH]([Zr]([CH2][Si](c2ccccc2)(c2ccccc2)c2ccccc2)[CH]2C=CC=C2)C=C1. The zero-order chi connectivity index (χ0) is 20.9. The van der Waals surface area contributed by atoms with Gasteiger partial charge in [-0.1, -0.05) is 0 Å². The molecular formula is C29H27SiZr. The average molecular weight is 495 g/mol. The molecule has 0 amide bonds. The van der Waals surface area contributed by atoms with Crippen LogP contribution in [0.3, 0.4) is 0 Å². The molecule has 3 aromatic carbocycles. The standard InChI is InChI=1S/C19H17Si.2C5H5.Zr/c1-20(17-11-5-2-6-12-17,18-13-7-3-8-14-18)19-15-9-4-10-16-19;2*1-2-4-5-3-1;/h2-16H,1H2;2*1-5H;. The van der Waals surface area contributed by atoms with Crippen molar-refractivity contribution in [2.24, 2.45) is 0 Å². The molecule has 151 valence electrons. The van der Waals surface area contributed by atoms with Crippen LogP contribution in [-0.2, 0) is 21.8 Å². The summed E-state index contributed by atoms with van der Waals surface area (Å²) in [5.74, 6) is 0. The van der Waals surface area contributed by atoms with Gasteiger partial charge in [0.15, 0.2) is 0 Å². The summed E-state index contributed by atoms with van der Waals surface area (Å²) in [4.78, 5) is 0. The molecule has 0 radical (unpaired) electrons. The summed E-state index contributed by atoms with van der Waals surface area (Å²) < 4.78 is 2.71. The second-order valence-corrected chi connectivity index (χ2v) is 21.0. The van der Waals surface area contributed by atoms with Gasteiger partial charge in [0.25, 0.3) is 0 Å². The number of rotatable bonds is 7. The molecule has 2 heteroatoms. The van der Waals surface area contributed by atoms with E-state index in [9.17, 15) is 0 Å². The van der Waals surface area contributed by atoms with E-state index in [0.29, 0.717) is 7.25 Å². The van der Waals surface area contributed by atoms with E-state index in [1.165, 1.54) is 3.75 Å². The van der Waals surface area contributed by atoms with Crippen molar-refractivity contribution in [3.63, 3.8) is 0 Å². The van der Waals surface area contributed by atoms with Gasteiger partial charge >= 0.3 is 196 Å². The molecule has 0 nitrogen and oxygen atoms in total. The summed E-state index contributed by atoms with van der Waals surface area (Å²) >= 11 is -2.00. The van der Waals surface area contributed by atoms with Crippen molar-refractivity contribution in [2.75, 3.05) is 0 Å². The zero-order valence-corrected chi connectivity index (χ0v) is 21.1. The fourth-order valence-electron chi connectivity index (χ4n) is 5.10. The Bertz CT molecular complexity index is 965. The molecule has 0 atom stereocenters. The molecule has 0 fully saturated rings. The van der Waals surface area contributed by atoms with Gasteiger partial charge in [-0.25, -0.2) is 0 Å². The minimum absolute atomic E-state index is 0.669. The fraction of sp³-hybridized carbons (Fsp3) is 0.103. The Labute approximate surface area is 195 Å². The van der Waals surface area contributed by atoms with E-state index >= 15 is 0 Å². The van der Waals surface area contributed by atoms with Gasteiger partial charge in [0.05, 0.1) is 0 Å². The second-order valence-electron chi connectivity index (χ2n) is 8.35. The molecule has 0 heterocycles. The van der Waals surface area contributed by atoms with Gasteiger partial charge in [0.1, 0.15) is 0 Å². The third-order valence-corrected chi connectivity index (χ3v) is 24.5. The molecule has 0 saturated carbocycles. The molecule has 5 rings (SSSR count).